The molecular weight excluding hydrogens is 250 g/mol. The van der Waals surface area contributed by atoms with Gasteiger partial charge in [0.2, 0.25) is 0 Å². The summed E-state index contributed by atoms with van der Waals surface area (Å²) in [7, 11) is 0. The fraction of sp³-hybridized carbons (Fsp3) is 0.625. The van der Waals surface area contributed by atoms with Crippen molar-refractivity contribution in [1.29, 1.82) is 0 Å². The number of pyridine rings is 1. The molecule has 0 atom stereocenters. The second-order valence-electron chi connectivity index (χ2n) is 5.60. The predicted octanol–water partition coefficient (Wildman–Crippen LogP) is 3.38. The van der Waals surface area contributed by atoms with Crippen molar-refractivity contribution in [2.75, 3.05) is 18.4 Å². The van der Waals surface area contributed by atoms with Gasteiger partial charge in [-0.05, 0) is 44.2 Å². The highest BCUT2D eigenvalue weighted by Crippen LogP contribution is 2.10. The van der Waals surface area contributed by atoms with Crippen LogP contribution in [0.1, 0.15) is 56.1 Å². The number of rotatable bonds is 8. The minimum absolute atomic E-state index is 0.0150. The van der Waals surface area contributed by atoms with Gasteiger partial charge in [-0.25, -0.2) is 4.98 Å². The van der Waals surface area contributed by atoms with Gasteiger partial charge in [-0.1, -0.05) is 20.8 Å². The van der Waals surface area contributed by atoms with Crippen LogP contribution in [0.5, 0.6) is 0 Å². The third kappa shape index (κ3) is 6.04. The molecule has 1 aromatic rings. The Kier molecular flexibility index (Phi) is 7.05. The summed E-state index contributed by atoms with van der Waals surface area (Å²) in [6.07, 6.45) is 3.19. The van der Waals surface area contributed by atoms with E-state index in [0.717, 1.165) is 43.9 Å². The van der Waals surface area contributed by atoms with Crippen molar-refractivity contribution in [3.63, 3.8) is 0 Å². The lowest BCUT2D eigenvalue weighted by molar-refractivity contribution is 0.0952. The molecule has 0 aromatic carbocycles. The first-order valence-electron chi connectivity index (χ1n) is 7.53. The minimum atomic E-state index is -0.0150. The summed E-state index contributed by atoms with van der Waals surface area (Å²) in [4.78, 5) is 16.5. The van der Waals surface area contributed by atoms with E-state index in [0.29, 0.717) is 11.5 Å². The molecule has 20 heavy (non-hydrogen) atoms. The number of nitrogens with zero attached hydrogens (tertiary/aromatic N) is 1. The van der Waals surface area contributed by atoms with Crippen LogP contribution in [0, 0.1) is 12.8 Å². The molecule has 0 fully saturated rings. The van der Waals surface area contributed by atoms with Crippen LogP contribution in [0.2, 0.25) is 0 Å². The fourth-order valence-electron chi connectivity index (χ4n) is 1.96. The molecule has 1 heterocycles. The third-order valence-electron chi connectivity index (χ3n) is 3.02. The molecule has 1 rings (SSSR count). The van der Waals surface area contributed by atoms with Gasteiger partial charge in [0.1, 0.15) is 5.82 Å². The molecule has 2 N–H and O–H groups in total. The predicted molar refractivity (Wildman–Crippen MR) is 84.2 cm³/mol. The maximum atomic E-state index is 12.1. The normalized spacial score (nSPS) is 10.7. The molecule has 4 heteroatoms. The zero-order chi connectivity index (χ0) is 15.0. The Hall–Kier alpha value is -1.58. The quantitative estimate of drug-likeness (QED) is 0.716. The second-order valence-corrected chi connectivity index (χ2v) is 5.60. The SMILES string of the molecule is CCCNc1cc(C(=O)NCCCC(C)C)cc(C)n1. The summed E-state index contributed by atoms with van der Waals surface area (Å²) in [6, 6.07) is 3.65. The maximum absolute atomic E-state index is 12.1. The highest BCUT2D eigenvalue weighted by molar-refractivity contribution is 5.94. The van der Waals surface area contributed by atoms with Crippen LogP contribution in [-0.2, 0) is 0 Å². The van der Waals surface area contributed by atoms with E-state index >= 15 is 0 Å². The molecule has 1 amide bonds. The second kappa shape index (κ2) is 8.56. The number of amides is 1. The first-order chi connectivity index (χ1) is 9.52. The number of carbonyl (C=O) groups is 1. The lowest BCUT2D eigenvalue weighted by atomic mass is 10.1. The van der Waals surface area contributed by atoms with Crippen molar-refractivity contribution in [2.45, 2.75) is 47.0 Å². The largest absolute Gasteiger partial charge is 0.370 e. The van der Waals surface area contributed by atoms with Gasteiger partial charge >= 0.3 is 0 Å². The molecule has 0 aliphatic heterocycles. The Labute approximate surface area is 122 Å². The Balaban J connectivity index is 2.56. The fourth-order valence-corrected chi connectivity index (χ4v) is 1.96. The first-order valence-corrected chi connectivity index (χ1v) is 7.53. The first kappa shape index (κ1) is 16.5. The van der Waals surface area contributed by atoms with E-state index < -0.39 is 0 Å². The van der Waals surface area contributed by atoms with Crippen molar-refractivity contribution in [2.24, 2.45) is 5.92 Å². The zero-order valence-corrected chi connectivity index (χ0v) is 13.1. The summed E-state index contributed by atoms with van der Waals surface area (Å²) >= 11 is 0. The number of carbonyl (C=O) groups excluding carboxylic acids is 1. The van der Waals surface area contributed by atoms with Crippen LogP contribution in [-0.4, -0.2) is 24.0 Å². The molecule has 0 saturated heterocycles. The van der Waals surface area contributed by atoms with E-state index in [1.807, 2.05) is 19.1 Å². The molecule has 0 radical (unpaired) electrons. The maximum Gasteiger partial charge on any atom is 0.251 e. The zero-order valence-electron chi connectivity index (χ0n) is 13.1. The summed E-state index contributed by atoms with van der Waals surface area (Å²) in [5.74, 6) is 1.44. The van der Waals surface area contributed by atoms with Gasteiger partial charge in [0.15, 0.2) is 0 Å². The summed E-state index contributed by atoms with van der Waals surface area (Å²) < 4.78 is 0. The number of anilines is 1. The summed E-state index contributed by atoms with van der Waals surface area (Å²) in [5.41, 5.74) is 1.54. The molecule has 1 aromatic heterocycles. The molecule has 0 aliphatic carbocycles. The Morgan fingerprint density at radius 2 is 2.05 bits per heavy atom. The number of aryl methyl sites for hydroxylation is 1. The van der Waals surface area contributed by atoms with Crippen LogP contribution >= 0.6 is 0 Å². The molecule has 112 valence electrons. The van der Waals surface area contributed by atoms with Gasteiger partial charge in [-0.2, -0.15) is 0 Å². The van der Waals surface area contributed by atoms with E-state index in [1.54, 1.807) is 0 Å². The molecule has 0 bridgehead atoms. The van der Waals surface area contributed by atoms with Gasteiger partial charge in [0.25, 0.3) is 5.91 Å². The molecule has 0 unspecified atom stereocenters. The third-order valence-corrected chi connectivity index (χ3v) is 3.02. The number of hydrogen-bond donors (Lipinski definition) is 2. The van der Waals surface area contributed by atoms with Crippen molar-refractivity contribution < 1.29 is 4.79 Å². The number of aromatic nitrogens is 1. The summed E-state index contributed by atoms with van der Waals surface area (Å²) in [5, 5.41) is 6.19. The monoisotopic (exact) mass is 277 g/mol. The van der Waals surface area contributed by atoms with Crippen molar-refractivity contribution in [3.8, 4) is 0 Å². The molecule has 0 saturated carbocycles. The van der Waals surface area contributed by atoms with E-state index in [9.17, 15) is 4.79 Å². The average Bonchev–Trinajstić information content (AvgIpc) is 2.40. The van der Waals surface area contributed by atoms with E-state index in [2.05, 4.69) is 36.4 Å². The smallest absolute Gasteiger partial charge is 0.251 e. The molecule has 4 nitrogen and oxygen atoms in total. The van der Waals surface area contributed by atoms with Crippen molar-refractivity contribution >= 4 is 11.7 Å². The lowest BCUT2D eigenvalue weighted by Gasteiger charge is -2.10. The van der Waals surface area contributed by atoms with E-state index in [4.69, 9.17) is 0 Å². The van der Waals surface area contributed by atoms with Crippen LogP contribution in [0.3, 0.4) is 0 Å². The van der Waals surface area contributed by atoms with Crippen LogP contribution < -0.4 is 10.6 Å². The summed E-state index contributed by atoms with van der Waals surface area (Å²) in [6.45, 7) is 10.00. The van der Waals surface area contributed by atoms with Gasteiger partial charge in [-0.3, -0.25) is 4.79 Å². The van der Waals surface area contributed by atoms with Crippen molar-refractivity contribution in [3.05, 3.63) is 23.4 Å². The average molecular weight is 277 g/mol. The highest BCUT2D eigenvalue weighted by atomic mass is 16.1. The molecular formula is C16H27N3O. The topological polar surface area (TPSA) is 54.0 Å². The van der Waals surface area contributed by atoms with Gasteiger partial charge in [-0.15, -0.1) is 0 Å². The van der Waals surface area contributed by atoms with Gasteiger partial charge in [0.05, 0.1) is 0 Å². The van der Waals surface area contributed by atoms with E-state index in [1.165, 1.54) is 0 Å². The Morgan fingerprint density at radius 1 is 1.30 bits per heavy atom. The minimum Gasteiger partial charge on any atom is -0.370 e. The molecule has 0 spiro atoms. The number of hydrogen-bond acceptors (Lipinski definition) is 3. The lowest BCUT2D eigenvalue weighted by Crippen LogP contribution is -2.25. The van der Waals surface area contributed by atoms with E-state index in [-0.39, 0.29) is 5.91 Å². The Bertz CT molecular complexity index is 430. The van der Waals surface area contributed by atoms with Crippen LogP contribution in [0.4, 0.5) is 5.82 Å². The van der Waals surface area contributed by atoms with Crippen LogP contribution in [0.15, 0.2) is 12.1 Å². The van der Waals surface area contributed by atoms with Crippen LogP contribution in [0.25, 0.3) is 0 Å². The Morgan fingerprint density at radius 3 is 2.70 bits per heavy atom. The standard InChI is InChI=1S/C16H27N3O/c1-5-8-17-15-11-14(10-13(4)19-15)16(20)18-9-6-7-12(2)3/h10-12H,5-9H2,1-4H3,(H,17,19)(H,18,20). The van der Waals surface area contributed by atoms with Gasteiger partial charge in [0, 0.05) is 24.3 Å². The number of nitrogens with one attached hydrogen (secondary N) is 2. The molecule has 0 aliphatic rings. The van der Waals surface area contributed by atoms with Crippen molar-refractivity contribution in [1.82, 2.24) is 10.3 Å². The van der Waals surface area contributed by atoms with Gasteiger partial charge < -0.3 is 10.6 Å². The highest BCUT2D eigenvalue weighted by Gasteiger charge is 2.08.